The van der Waals surface area contributed by atoms with Crippen LogP contribution in [0.3, 0.4) is 0 Å². The zero-order valence-electron chi connectivity index (χ0n) is 12.1. The molecular weight excluding hydrogens is 284 g/mol. The van der Waals surface area contributed by atoms with Gasteiger partial charge in [0, 0.05) is 39.5 Å². The summed E-state index contributed by atoms with van der Waals surface area (Å²) < 4.78 is 11.3. The molecule has 1 saturated heterocycles. The van der Waals surface area contributed by atoms with Gasteiger partial charge in [-0.05, 0) is 43.5 Å². The van der Waals surface area contributed by atoms with Gasteiger partial charge in [-0.15, -0.1) is 0 Å². The number of nitrogens with two attached hydrogens (primary N) is 1. The lowest BCUT2D eigenvalue weighted by Gasteiger charge is -2.22. The molecule has 1 aliphatic rings. The third-order valence-corrected chi connectivity index (χ3v) is 4.92. The molecule has 4 nitrogen and oxygen atoms in total. The third kappa shape index (κ3) is 4.42. The summed E-state index contributed by atoms with van der Waals surface area (Å²) in [5.74, 6) is 7.08. The standard InChI is InChI=1S/C16H20N2O2S/c1-12-11-14(5-4-13(12)3-2-8-17)16(19)18-15-6-9-21(20)10-7-15/h4-5,11,15H,6-10,17H2,1H3,(H,18,19). The van der Waals surface area contributed by atoms with Gasteiger partial charge in [-0.3, -0.25) is 9.00 Å². The van der Waals surface area contributed by atoms with Crippen molar-refractivity contribution in [3.63, 3.8) is 0 Å². The molecule has 0 aromatic heterocycles. The number of hydrogen-bond acceptors (Lipinski definition) is 3. The predicted molar refractivity (Wildman–Crippen MR) is 85.5 cm³/mol. The minimum Gasteiger partial charge on any atom is -0.349 e. The molecule has 0 aliphatic carbocycles. The lowest BCUT2D eigenvalue weighted by molar-refractivity contribution is 0.0934. The molecule has 0 unspecified atom stereocenters. The Hall–Kier alpha value is -1.64. The fraction of sp³-hybridized carbons (Fsp3) is 0.438. The Morgan fingerprint density at radius 2 is 2.14 bits per heavy atom. The van der Waals surface area contributed by atoms with Crippen LogP contribution in [0.5, 0.6) is 0 Å². The maximum atomic E-state index is 12.2. The van der Waals surface area contributed by atoms with E-state index in [1.807, 2.05) is 19.1 Å². The van der Waals surface area contributed by atoms with Crippen molar-refractivity contribution in [2.24, 2.45) is 5.73 Å². The van der Waals surface area contributed by atoms with Crippen LogP contribution in [0.4, 0.5) is 0 Å². The van der Waals surface area contributed by atoms with E-state index in [1.165, 1.54) is 0 Å². The number of amides is 1. The molecule has 0 radical (unpaired) electrons. The maximum absolute atomic E-state index is 12.2. The topological polar surface area (TPSA) is 72.2 Å². The fourth-order valence-electron chi connectivity index (χ4n) is 2.30. The smallest absolute Gasteiger partial charge is 0.251 e. The molecule has 112 valence electrons. The molecule has 1 aromatic carbocycles. The summed E-state index contributed by atoms with van der Waals surface area (Å²) in [6, 6.07) is 5.61. The summed E-state index contributed by atoms with van der Waals surface area (Å²) in [7, 11) is -0.707. The van der Waals surface area contributed by atoms with Crippen LogP contribution in [0.25, 0.3) is 0 Å². The zero-order valence-corrected chi connectivity index (χ0v) is 13.0. The summed E-state index contributed by atoms with van der Waals surface area (Å²) in [4.78, 5) is 12.2. The van der Waals surface area contributed by atoms with Gasteiger partial charge in [-0.1, -0.05) is 11.8 Å². The Balaban J connectivity index is 2.02. The first-order chi connectivity index (χ1) is 10.1. The second-order valence-corrected chi connectivity index (χ2v) is 6.83. The van der Waals surface area contributed by atoms with E-state index in [2.05, 4.69) is 17.2 Å². The van der Waals surface area contributed by atoms with Gasteiger partial charge in [0.15, 0.2) is 0 Å². The van der Waals surface area contributed by atoms with E-state index < -0.39 is 10.8 Å². The van der Waals surface area contributed by atoms with Crippen LogP contribution in [0.2, 0.25) is 0 Å². The highest BCUT2D eigenvalue weighted by Gasteiger charge is 2.20. The van der Waals surface area contributed by atoms with Crippen LogP contribution in [-0.4, -0.2) is 34.2 Å². The van der Waals surface area contributed by atoms with E-state index in [0.717, 1.165) is 24.0 Å². The molecule has 21 heavy (non-hydrogen) atoms. The van der Waals surface area contributed by atoms with Crippen molar-refractivity contribution in [1.29, 1.82) is 0 Å². The van der Waals surface area contributed by atoms with Crippen LogP contribution in [0, 0.1) is 18.8 Å². The first-order valence-corrected chi connectivity index (χ1v) is 8.54. The third-order valence-electron chi connectivity index (χ3n) is 3.54. The number of carbonyl (C=O) groups excluding carboxylic acids is 1. The molecule has 0 saturated carbocycles. The number of nitrogens with one attached hydrogen (secondary N) is 1. The summed E-state index contributed by atoms with van der Waals surface area (Å²) in [6.45, 7) is 2.26. The van der Waals surface area contributed by atoms with Crippen molar-refractivity contribution in [2.45, 2.75) is 25.8 Å². The average molecular weight is 304 g/mol. The summed E-state index contributed by atoms with van der Waals surface area (Å²) >= 11 is 0. The largest absolute Gasteiger partial charge is 0.349 e. The molecule has 1 aromatic rings. The van der Waals surface area contributed by atoms with Crippen LogP contribution in [-0.2, 0) is 10.8 Å². The number of benzene rings is 1. The molecule has 0 spiro atoms. The van der Waals surface area contributed by atoms with Gasteiger partial charge in [-0.2, -0.15) is 0 Å². The number of rotatable bonds is 2. The Labute approximate surface area is 127 Å². The Morgan fingerprint density at radius 3 is 2.76 bits per heavy atom. The lowest BCUT2D eigenvalue weighted by atomic mass is 10.0. The van der Waals surface area contributed by atoms with Gasteiger partial charge in [0.1, 0.15) is 0 Å². The van der Waals surface area contributed by atoms with Gasteiger partial charge in [-0.25, -0.2) is 0 Å². The van der Waals surface area contributed by atoms with E-state index >= 15 is 0 Å². The van der Waals surface area contributed by atoms with Gasteiger partial charge < -0.3 is 11.1 Å². The SMILES string of the molecule is Cc1cc(C(=O)NC2CCS(=O)CC2)ccc1C#CCN. The van der Waals surface area contributed by atoms with E-state index in [1.54, 1.807) is 6.07 Å². The van der Waals surface area contributed by atoms with Gasteiger partial charge >= 0.3 is 0 Å². The molecular formula is C16H20N2O2S. The van der Waals surface area contributed by atoms with Crippen LogP contribution in [0.1, 0.15) is 34.3 Å². The fourth-order valence-corrected chi connectivity index (χ4v) is 3.60. The Bertz CT molecular complexity index is 606. The summed E-state index contributed by atoms with van der Waals surface area (Å²) in [6.07, 6.45) is 1.58. The quantitative estimate of drug-likeness (QED) is 0.799. The number of carbonyl (C=O) groups is 1. The second-order valence-electron chi connectivity index (χ2n) is 5.13. The molecule has 0 atom stereocenters. The molecule has 1 fully saturated rings. The molecule has 1 heterocycles. The normalized spacial score (nSPS) is 21.2. The average Bonchev–Trinajstić information content (AvgIpc) is 2.48. The minimum absolute atomic E-state index is 0.0749. The maximum Gasteiger partial charge on any atom is 0.251 e. The molecule has 0 bridgehead atoms. The van der Waals surface area contributed by atoms with E-state index in [9.17, 15) is 9.00 Å². The van der Waals surface area contributed by atoms with Gasteiger partial charge in [0.2, 0.25) is 0 Å². The highest BCUT2D eigenvalue weighted by molar-refractivity contribution is 7.85. The van der Waals surface area contributed by atoms with Gasteiger partial charge in [0.05, 0.1) is 6.54 Å². The van der Waals surface area contributed by atoms with Crippen molar-refractivity contribution in [3.8, 4) is 11.8 Å². The van der Waals surface area contributed by atoms with E-state index in [0.29, 0.717) is 23.6 Å². The number of hydrogen-bond donors (Lipinski definition) is 2. The molecule has 5 heteroatoms. The van der Waals surface area contributed by atoms with Crippen molar-refractivity contribution in [3.05, 3.63) is 34.9 Å². The zero-order chi connectivity index (χ0) is 15.2. The molecule has 1 amide bonds. The molecule has 2 rings (SSSR count). The minimum atomic E-state index is -0.707. The van der Waals surface area contributed by atoms with E-state index in [-0.39, 0.29) is 11.9 Å². The predicted octanol–water partition coefficient (Wildman–Crippen LogP) is 0.946. The van der Waals surface area contributed by atoms with Crippen molar-refractivity contribution in [1.82, 2.24) is 5.32 Å². The van der Waals surface area contributed by atoms with Crippen LogP contribution >= 0.6 is 0 Å². The Kier molecular flexibility index (Phi) is 5.54. The first kappa shape index (κ1) is 15.7. The molecule has 3 N–H and O–H groups in total. The second kappa shape index (κ2) is 7.39. The van der Waals surface area contributed by atoms with Gasteiger partial charge in [0.25, 0.3) is 5.91 Å². The first-order valence-electron chi connectivity index (χ1n) is 7.05. The highest BCUT2D eigenvalue weighted by Crippen LogP contribution is 2.13. The van der Waals surface area contributed by atoms with Crippen LogP contribution in [0.15, 0.2) is 18.2 Å². The van der Waals surface area contributed by atoms with Crippen molar-refractivity contribution >= 4 is 16.7 Å². The summed E-state index contributed by atoms with van der Waals surface area (Å²) in [5, 5.41) is 3.02. The lowest BCUT2D eigenvalue weighted by Crippen LogP contribution is -2.39. The number of aryl methyl sites for hydroxylation is 1. The highest BCUT2D eigenvalue weighted by atomic mass is 32.2. The van der Waals surface area contributed by atoms with Crippen molar-refractivity contribution in [2.75, 3.05) is 18.1 Å². The van der Waals surface area contributed by atoms with E-state index in [4.69, 9.17) is 5.73 Å². The monoisotopic (exact) mass is 304 g/mol. The Morgan fingerprint density at radius 1 is 1.43 bits per heavy atom. The summed E-state index contributed by atoms with van der Waals surface area (Å²) in [5.41, 5.74) is 7.86. The van der Waals surface area contributed by atoms with Crippen LogP contribution < -0.4 is 11.1 Å². The van der Waals surface area contributed by atoms with Crippen molar-refractivity contribution < 1.29 is 9.00 Å². The molecule has 1 aliphatic heterocycles.